The Morgan fingerprint density at radius 1 is 0.847 bits per heavy atom. The summed E-state index contributed by atoms with van der Waals surface area (Å²) in [6.07, 6.45) is 0.756. The molecule has 2 aromatic heterocycles. The number of anilines is 2. The van der Waals surface area contributed by atoms with Gasteiger partial charge in [0.05, 0.1) is 24.5 Å². The largest absolute Gasteiger partial charge is 0.489 e. The van der Waals surface area contributed by atoms with Crippen molar-refractivity contribution in [3.8, 4) is 23.1 Å². The van der Waals surface area contributed by atoms with Gasteiger partial charge in [0, 0.05) is 85.2 Å². The third-order valence-electron chi connectivity index (χ3n) is 11.9. The lowest BCUT2D eigenvalue weighted by Crippen LogP contribution is -2.52. The van der Waals surface area contributed by atoms with Crippen LogP contribution in [0.15, 0.2) is 109 Å². The van der Waals surface area contributed by atoms with Crippen molar-refractivity contribution in [1.29, 1.82) is 5.26 Å². The molecule has 2 aliphatic heterocycles. The SMILES string of the molecule is Cc1c(N(C(=O)c2cc(-c3cc(Cl)ccc3C(=O)N3Cc4ccccc4C[C@H]3CN3CCOCC3)n(C)c2C)c2ccc(OCc3ccccc3)cc2)cc(C#N)n1C. The number of nitrogens with zero attached hydrogens (tertiary/aromatic N) is 6. The third-order valence-corrected chi connectivity index (χ3v) is 12.1. The molecule has 0 bridgehead atoms. The lowest BCUT2D eigenvalue weighted by Gasteiger charge is -2.40. The van der Waals surface area contributed by atoms with Gasteiger partial charge in [-0.1, -0.05) is 66.2 Å². The van der Waals surface area contributed by atoms with E-state index in [1.807, 2.05) is 110 Å². The summed E-state index contributed by atoms with van der Waals surface area (Å²) in [6.45, 7) is 8.47. The Labute approximate surface area is 350 Å². The zero-order valence-corrected chi connectivity index (χ0v) is 34.6. The number of carbonyl (C=O) groups is 2. The van der Waals surface area contributed by atoms with E-state index in [0.717, 1.165) is 42.9 Å². The summed E-state index contributed by atoms with van der Waals surface area (Å²) in [4.78, 5) is 36.1. The van der Waals surface area contributed by atoms with Gasteiger partial charge in [-0.3, -0.25) is 19.4 Å². The monoisotopic (exact) mass is 806 g/mol. The first-order valence-electron chi connectivity index (χ1n) is 19.9. The fourth-order valence-corrected chi connectivity index (χ4v) is 8.42. The van der Waals surface area contributed by atoms with Crippen LogP contribution in [0.3, 0.4) is 0 Å². The molecule has 10 nitrogen and oxygen atoms in total. The van der Waals surface area contributed by atoms with E-state index in [0.29, 0.717) is 82.3 Å². The van der Waals surface area contributed by atoms with E-state index in [1.54, 1.807) is 27.7 Å². The summed E-state index contributed by atoms with van der Waals surface area (Å²) in [5.74, 6) is 0.290. The number of hydrogen-bond acceptors (Lipinski definition) is 6. The molecule has 0 radical (unpaired) electrons. The van der Waals surface area contributed by atoms with E-state index in [4.69, 9.17) is 21.1 Å². The number of halogens is 1. The minimum atomic E-state index is -0.284. The molecule has 2 amide bonds. The molecular weight excluding hydrogens is 760 g/mol. The number of aromatic nitrogens is 2. The highest BCUT2D eigenvalue weighted by molar-refractivity contribution is 6.31. The van der Waals surface area contributed by atoms with Crippen LogP contribution in [0.5, 0.6) is 5.75 Å². The summed E-state index contributed by atoms with van der Waals surface area (Å²) in [5, 5.41) is 10.4. The van der Waals surface area contributed by atoms with Gasteiger partial charge in [-0.15, -0.1) is 0 Å². The maximum atomic E-state index is 15.1. The third kappa shape index (κ3) is 8.02. The molecule has 0 spiro atoms. The van der Waals surface area contributed by atoms with Crippen molar-refractivity contribution in [2.45, 2.75) is 39.5 Å². The first-order valence-corrected chi connectivity index (χ1v) is 20.3. The smallest absolute Gasteiger partial charge is 0.264 e. The number of benzene rings is 4. The number of nitriles is 1. The molecule has 0 N–H and O–H groups in total. The minimum absolute atomic E-state index is 0.0394. The lowest BCUT2D eigenvalue weighted by molar-refractivity contribution is 0.0193. The van der Waals surface area contributed by atoms with E-state index in [-0.39, 0.29) is 17.9 Å². The maximum absolute atomic E-state index is 15.1. The van der Waals surface area contributed by atoms with Crippen LogP contribution in [-0.2, 0) is 38.4 Å². The van der Waals surface area contributed by atoms with Crippen LogP contribution < -0.4 is 9.64 Å². The zero-order chi connectivity index (χ0) is 41.2. The predicted molar refractivity (Wildman–Crippen MR) is 230 cm³/mol. The lowest BCUT2D eigenvalue weighted by atomic mass is 9.92. The number of amides is 2. The number of ether oxygens (including phenoxy) is 2. The number of morpholine rings is 1. The average molecular weight is 807 g/mol. The van der Waals surface area contributed by atoms with E-state index >= 15 is 4.79 Å². The van der Waals surface area contributed by atoms with Crippen LogP contribution in [-0.4, -0.2) is 69.6 Å². The molecule has 0 aliphatic carbocycles. The highest BCUT2D eigenvalue weighted by Crippen LogP contribution is 2.38. The van der Waals surface area contributed by atoms with Crippen molar-refractivity contribution in [3.05, 3.63) is 159 Å². The fraction of sp³-hybridized carbons (Fsp3) is 0.271. The van der Waals surface area contributed by atoms with Gasteiger partial charge in [0.1, 0.15) is 24.1 Å². The van der Waals surface area contributed by atoms with Crippen LogP contribution >= 0.6 is 11.6 Å². The molecule has 2 aliphatic rings. The highest BCUT2D eigenvalue weighted by atomic mass is 35.5. The van der Waals surface area contributed by atoms with E-state index in [9.17, 15) is 10.1 Å². The normalized spacial score (nSPS) is 15.4. The second-order valence-electron chi connectivity index (χ2n) is 15.3. The molecule has 300 valence electrons. The Morgan fingerprint density at radius 3 is 2.27 bits per heavy atom. The summed E-state index contributed by atoms with van der Waals surface area (Å²) >= 11 is 6.71. The second-order valence-corrected chi connectivity index (χ2v) is 15.8. The average Bonchev–Trinajstić information content (AvgIpc) is 3.72. The molecule has 1 saturated heterocycles. The second kappa shape index (κ2) is 17.0. The van der Waals surface area contributed by atoms with Crippen molar-refractivity contribution in [1.82, 2.24) is 18.9 Å². The summed E-state index contributed by atoms with van der Waals surface area (Å²) in [7, 11) is 3.72. The zero-order valence-electron chi connectivity index (χ0n) is 33.8. The van der Waals surface area contributed by atoms with Gasteiger partial charge >= 0.3 is 0 Å². The van der Waals surface area contributed by atoms with Crippen molar-refractivity contribution in [2.24, 2.45) is 14.1 Å². The molecule has 6 aromatic rings. The molecule has 59 heavy (non-hydrogen) atoms. The number of carbonyl (C=O) groups excluding carboxylic acids is 2. The number of hydrogen-bond donors (Lipinski definition) is 0. The van der Waals surface area contributed by atoms with Gasteiger partial charge < -0.3 is 23.5 Å². The van der Waals surface area contributed by atoms with Crippen molar-refractivity contribution in [2.75, 3.05) is 37.7 Å². The molecule has 8 rings (SSSR count). The van der Waals surface area contributed by atoms with Crippen molar-refractivity contribution in [3.63, 3.8) is 0 Å². The molecule has 4 heterocycles. The first kappa shape index (κ1) is 39.7. The molecule has 0 saturated carbocycles. The van der Waals surface area contributed by atoms with Crippen molar-refractivity contribution < 1.29 is 19.1 Å². The first-order chi connectivity index (χ1) is 28.6. The predicted octanol–water partition coefficient (Wildman–Crippen LogP) is 8.63. The van der Waals surface area contributed by atoms with E-state index < -0.39 is 0 Å². The Balaban J connectivity index is 1.15. The Hall–Kier alpha value is -6.12. The van der Waals surface area contributed by atoms with Crippen LogP contribution in [0.2, 0.25) is 5.02 Å². The summed E-state index contributed by atoms with van der Waals surface area (Å²) in [5.41, 5.74) is 8.84. The highest BCUT2D eigenvalue weighted by Gasteiger charge is 2.34. The van der Waals surface area contributed by atoms with Gasteiger partial charge in [0.2, 0.25) is 0 Å². The van der Waals surface area contributed by atoms with E-state index in [1.165, 1.54) is 5.56 Å². The van der Waals surface area contributed by atoms with Crippen molar-refractivity contribution >= 4 is 34.8 Å². The Morgan fingerprint density at radius 2 is 1.56 bits per heavy atom. The number of rotatable bonds is 10. The van der Waals surface area contributed by atoms with Crippen LogP contribution in [0, 0.1) is 25.2 Å². The van der Waals surface area contributed by atoms with Crippen LogP contribution in [0.25, 0.3) is 11.3 Å². The van der Waals surface area contributed by atoms with Gasteiger partial charge in [0.25, 0.3) is 11.8 Å². The van der Waals surface area contributed by atoms with Crippen LogP contribution in [0.1, 0.15) is 54.5 Å². The summed E-state index contributed by atoms with van der Waals surface area (Å²) in [6, 6.07) is 36.9. The molecule has 1 fully saturated rings. The van der Waals surface area contributed by atoms with Crippen LogP contribution in [0.4, 0.5) is 11.4 Å². The van der Waals surface area contributed by atoms with E-state index in [2.05, 4.69) is 29.2 Å². The summed E-state index contributed by atoms with van der Waals surface area (Å²) < 4.78 is 15.4. The maximum Gasteiger partial charge on any atom is 0.264 e. The minimum Gasteiger partial charge on any atom is -0.489 e. The van der Waals surface area contributed by atoms with Gasteiger partial charge in [-0.05, 0) is 91.6 Å². The molecule has 11 heteroatoms. The standard InChI is InChI=1S/C48H47ClN6O4/c1-32-43(48(57)55(45-26-39(28-50)51(3)33(45)2)38-15-17-41(18-16-38)59-31-34-10-6-5-7-11-34)27-46(52(32)4)44-25-37(49)14-19-42(44)47(56)54-29-36-13-9-8-12-35(36)24-40(54)30-53-20-22-58-23-21-53/h5-19,25-27,40H,20-24,29-31H2,1-4H3/t40-/m0/s1. The Kier molecular flexibility index (Phi) is 11.4. The van der Waals surface area contributed by atoms with Gasteiger partial charge in [-0.2, -0.15) is 5.26 Å². The number of fused-ring (bicyclic) bond motifs is 1. The Bertz CT molecular complexity index is 2550. The molecule has 0 unspecified atom stereocenters. The molecule has 4 aromatic carbocycles. The van der Waals surface area contributed by atoms with Gasteiger partial charge in [-0.25, -0.2) is 0 Å². The fourth-order valence-electron chi connectivity index (χ4n) is 8.25. The topological polar surface area (TPSA) is 96.0 Å². The molecule has 1 atom stereocenters. The van der Waals surface area contributed by atoms with Gasteiger partial charge in [0.15, 0.2) is 0 Å². The molecular formula is C48H47ClN6O4. The quantitative estimate of drug-likeness (QED) is 0.138.